The molecule has 7 nitrogen and oxygen atoms in total. The molecule has 1 aromatic heterocycles. The molecule has 1 saturated heterocycles. The third-order valence-corrected chi connectivity index (χ3v) is 8.29. The smallest absolute Gasteiger partial charge is 0.309 e. The molecular formula is C20H24FN3O4S2. The van der Waals surface area contributed by atoms with Crippen molar-refractivity contribution in [3.8, 4) is 0 Å². The van der Waals surface area contributed by atoms with Gasteiger partial charge in [0.1, 0.15) is 10.0 Å². The lowest BCUT2D eigenvalue weighted by Crippen LogP contribution is -2.46. The zero-order chi connectivity index (χ0) is 21.6. The largest absolute Gasteiger partial charge is 0.348 e. The van der Waals surface area contributed by atoms with Gasteiger partial charge in [0.15, 0.2) is 0 Å². The molecule has 30 heavy (non-hydrogen) atoms. The lowest BCUT2D eigenvalue weighted by atomic mass is 10.0. The van der Waals surface area contributed by atoms with Crippen LogP contribution in [0.3, 0.4) is 0 Å². The second kappa shape index (κ2) is 10.1. The monoisotopic (exact) mass is 453 g/mol. The van der Waals surface area contributed by atoms with Crippen molar-refractivity contribution in [1.29, 1.82) is 0 Å². The number of sulfonamides is 1. The number of rotatable bonds is 7. The topological polar surface area (TPSA) is 95.6 Å². The van der Waals surface area contributed by atoms with Gasteiger partial charge in [-0.2, -0.15) is 4.31 Å². The fourth-order valence-corrected chi connectivity index (χ4v) is 6.25. The molecule has 2 aromatic rings. The van der Waals surface area contributed by atoms with Crippen molar-refractivity contribution in [3.05, 3.63) is 53.2 Å². The lowest BCUT2D eigenvalue weighted by molar-refractivity contribution is -0.139. The Morgan fingerprint density at radius 3 is 2.53 bits per heavy atom. The lowest BCUT2D eigenvalue weighted by Gasteiger charge is -2.34. The van der Waals surface area contributed by atoms with Gasteiger partial charge in [0.2, 0.25) is 0 Å². The summed E-state index contributed by atoms with van der Waals surface area (Å²) >= 11 is 1.19. The minimum absolute atomic E-state index is 0.113. The molecule has 0 bridgehead atoms. The van der Waals surface area contributed by atoms with Gasteiger partial charge in [0.25, 0.3) is 10.0 Å². The fourth-order valence-electron chi connectivity index (χ4n) is 3.40. The first-order valence-electron chi connectivity index (χ1n) is 9.74. The van der Waals surface area contributed by atoms with Crippen LogP contribution in [0.15, 0.2) is 46.0 Å². The summed E-state index contributed by atoms with van der Waals surface area (Å²) in [5, 5.41) is 6.76. The molecule has 162 valence electrons. The van der Waals surface area contributed by atoms with Crippen LogP contribution in [-0.4, -0.2) is 43.7 Å². The Morgan fingerprint density at radius 1 is 1.10 bits per heavy atom. The van der Waals surface area contributed by atoms with E-state index in [0.717, 1.165) is 19.3 Å². The molecule has 10 heteroatoms. The molecule has 2 amide bonds. The summed E-state index contributed by atoms with van der Waals surface area (Å²) in [5.41, 5.74) is 0.675. The maximum absolute atomic E-state index is 12.9. The molecule has 1 aliphatic rings. The van der Waals surface area contributed by atoms with Crippen LogP contribution in [0.2, 0.25) is 0 Å². The normalized spacial score (nSPS) is 17.4. The van der Waals surface area contributed by atoms with Gasteiger partial charge >= 0.3 is 11.8 Å². The minimum Gasteiger partial charge on any atom is -0.348 e. The predicted molar refractivity (Wildman–Crippen MR) is 112 cm³/mol. The molecule has 0 aliphatic carbocycles. The number of hydrogen-bond donors (Lipinski definition) is 2. The van der Waals surface area contributed by atoms with E-state index in [9.17, 15) is 22.4 Å². The first kappa shape index (κ1) is 22.4. The molecule has 1 aliphatic heterocycles. The molecule has 1 fully saturated rings. The van der Waals surface area contributed by atoms with E-state index in [4.69, 9.17) is 0 Å². The third-order valence-electron chi connectivity index (χ3n) is 4.97. The van der Waals surface area contributed by atoms with E-state index in [0.29, 0.717) is 22.7 Å². The van der Waals surface area contributed by atoms with Gasteiger partial charge in [0, 0.05) is 25.7 Å². The average Bonchev–Trinajstić information content (AvgIpc) is 3.29. The van der Waals surface area contributed by atoms with Crippen molar-refractivity contribution in [2.45, 2.75) is 42.5 Å². The van der Waals surface area contributed by atoms with Crippen molar-refractivity contribution in [1.82, 2.24) is 14.9 Å². The molecule has 1 atom stereocenters. The van der Waals surface area contributed by atoms with Crippen LogP contribution in [-0.2, 0) is 26.2 Å². The number of benzene rings is 1. The zero-order valence-corrected chi connectivity index (χ0v) is 18.0. The zero-order valence-electron chi connectivity index (χ0n) is 16.3. The van der Waals surface area contributed by atoms with Crippen LogP contribution in [0, 0.1) is 5.82 Å². The molecule has 0 spiro atoms. The number of piperidine rings is 1. The molecule has 2 N–H and O–H groups in total. The van der Waals surface area contributed by atoms with Gasteiger partial charge in [-0.25, -0.2) is 12.8 Å². The van der Waals surface area contributed by atoms with Crippen molar-refractivity contribution in [2.75, 3.05) is 13.1 Å². The quantitative estimate of drug-likeness (QED) is 0.629. The van der Waals surface area contributed by atoms with Crippen molar-refractivity contribution < 1.29 is 22.4 Å². The van der Waals surface area contributed by atoms with Crippen molar-refractivity contribution >= 4 is 33.2 Å². The highest BCUT2D eigenvalue weighted by atomic mass is 32.2. The summed E-state index contributed by atoms with van der Waals surface area (Å²) in [6.07, 6.45) is 2.88. The Bertz CT molecular complexity index is 962. The number of carbonyl (C=O) groups excluding carboxylic acids is 2. The Hall–Kier alpha value is -2.30. The van der Waals surface area contributed by atoms with Crippen LogP contribution in [0.4, 0.5) is 4.39 Å². The first-order valence-corrected chi connectivity index (χ1v) is 12.1. The van der Waals surface area contributed by atoms with Crippen molar-refractivity contribution in [2.24, 2.45) is 0 Å². The number of carbonyl (C=O) groups is 2. The molecule has 0 saturated carbocycles. The summed E-state index contributed by atoms with van der Waals surface area (Å²) in [4.78, 5) is 24.0. The standard InChI is InChI=1S/C20H24FN3O4S2/c21-16-8-6-15(7-9-16)14-23-20(26)19(25)22-11-10-17-4-1-2-12-24(17)30(27,28)18-5-3-13-29-18/h3,5-9,13,17H,1-2,4,10-12,14H2,(H,22,25)(H,23,26)/t17-/m1/s1. The van der Waals surface area contributed by atoms with Gasteiger partial charge in [-0.15, -0.1) is 11.3 Å². The van der Waals surface area contributed by atoms with E-state index in [1.54, 1.807) is 17.5 Å². The van der Waals surface area contributed by atoms with Gasteiger partial charge < -0.3 is 10.6 Å². The van der Waals surface area contributed by atoms with E-state index >= 15 is 0 Å². The predicted octanol–water partition coefficient (Wildman–Crippen LogP) is 2.25. The number of thiophene rings is 1. The molecular weight excluding hydrogens is 429 g/mol. The summed E-state index contributed by atoms with van der Waals surface area (Å²) in [7, 11) is -3.54. The summed E-state index contributed by atoms with van der Waals surface area (Å²) < 4.78 is 40.5. The molecule has 2 heterocycles. The van der Waals surface area contributed by atoms with E-state index in [2.05, 4.69) is 10.6 Å². The molecule has 3 rings (SSSR count). The Morgan fingerprint density at radius 2 is 1.83 bits per heavy atom. The minimum atomic E-state index is -3.54. The second-order valence-corrected chi connectivity index (χ2v) is 10.1. The molecule has 1 aromatic carbocycles. The maximum atomic E-state index is 12.9. The fraction of sp³-hybridized carbons (Fsp3) is 0.400. The summed E-state index contributed by atoms with van der Waals surface area (Å²) in [6, 6.07) is 8.70. The third kappa shape index (κ3) is 5.65. The first-order chi connectivity index (χ1) is 14.4. The second-order valence-electron chi connectivity index (χ2n) is 7.05. The maximum Gasteiger partial charge on any atom is 0.309 e. The molecule has 0 radical (unpaired) electrons. The Balaban J connectivity index is 1.48. The van der Waals surface area contributed by atoms with E-state index < -0.39 is 21.8 Å². The van der Waals surface area contributed by atoms with Crippen LogP contribution in [0.1, 0.15) is 31.2 Å². The SMILES string of the molecule is O=C(NCC[C@H]1CCCCN1S(=O)(=O)c1cccs1)C(=O)NCc1ccc(F)cc1. The van der Waals surface area contributed by atoms with Crippen LogP contribution >= 0.6 is 11.3 Å². The Kier molecular flexibility index (Phi) is 7.57. The van der Waals surface area contributed by atoms with Crippen molar-refractivity contribution in [3.63, 3.8) is 0 Å². The van der Waals surface area contributed by atoms with Crippen LogP contribution in [0.25, 0.3) is 0 Å². The van der Waals surface area contributed by atoms with Crippen LogP contribution in [0.5, 0.6) is 0 Å². The van der Waals surface area contributed by atoms with Gasteiger partial charge in [0.05, 0.1) is 0 Å². The number of amides is 2. The number of nitrogens with one attached hydrogen (secondary N) is 2. The van der Waals surface area contributed by atoms with Gasteiger partial charge in [-0.05, 0) is 48.4 Å². The molecule has 0 unspecified atom stereocenters. The van der Waals surface area contributed by atoms with Crippen LogP contribution < -0.4 is 10.6 Å². The summed E-state index contributed by atoms with van der Waals surface area (Å²) in [6.45, 7) is 0.767. The average molecular weight is 454 g/mol. The number of nitrogens with zero attached hydrogens (tertiary/aromatic N) is 1. The Labute approximate surface area is 179 Å². The highest BCUT2D eigenvalue weighted by molar-refractivity contribution is 7.91. The van der Waals surface area contributed by atoms with E-state index in [1.807, 2.05) is 0 Å². The summed E-state index contributed by atoms with van der Waals surface area (Å²) in [5.74, 6) is -1.94. The number of hydrogen-bond acceptors (Lipinski definition) is 5. The van der Waals surface area contributed by atoms with E-state index in [1.165, 1.54) is 39.9 Å². The highest BCUT2D eigenvalue weighted by Gasteiger charge is 2.33. The van der Waals surface area contributed by atoms with Gasteiger partial charge in [-0.1, -0.05) is 24.6 Å². The highest BCUT2D eigenvalue weighted by Crippen LogP contribution is 2.28. The number of halogens is 1. The van der Waals surface area contributed by atoms with E-state index in [-0.39, 0.29) is 24.9 Å². The van der Waals surface area contributed by atoms with Gasteiger partial charge in [-0.3, -0.25) is 9.59 Å².